The van der Waals surface area contributed by atoms with Crippen LogP contribution in [-0.4, -0.2) is 132 Å². The number of nitrogens with one attached hydrogen (secondary N) is 10. The first-order valence-electron chi connectivity index (χ1n) is 32.6. The molecule has 0 atom stereocenters. The van der Waals surface area contributed by atoms with Gasteiger partial charge in [0, 0.05) is 102 Å². The minimum atomic E-state index is -1.49. The fraction of sp³-hybridized carbons (Fsp3) is 0.104. The van der Waals surface area contributed by atoms with E-state index in [1.54, 1.807) is 70.4 Å². The van der Waals surface area contributed by atoms with Crippen molar-refractivity contribution in [2.75, 3.05) is 5.32 Å². The summed E-state index contributed by atoms with van der Waals surface area (Å²) in [5.41, 5.74) is 4.93. The normalized spacial score (nSPS) is 11.3. The van der Waals surface area contributed by atoms with Crippen LogP contribution in [0.25, 0.3) is 99.9 Å². The molecule has 5 aromatic carbocycles. The number of amides is 1. The molecule has 0 aliphatic carbocycles. The molecule has 20 N–H and O–H groups in total. The fourth-order valence-corrected chi connectivity index (χ4v) is 12.6. The molecular weight excluding hydrogens is 1400 g/mol. The molecule has 0 saturated carbocycles. The van der Waals surface area contributed by atoms with Crippen molar-refractivity contribution in [2.45, 2.75) is 53.9 Å². The van der Waals surface area contributed by atoms with Crippen LogP contribution in [0.15, 0.2) is 164 Å². The quantitative estimate of drug-likeness (QED) is 0.0540. The molecule has 1 aliphatic heterocycles. The summed E-state index contributed by atoms with van der Waals surface area (Å²) < 4.78 is 0. The number of anilines is 1. The topological polar surface area (TPSA) is 544 Å². The first kappa shape index (κ1) is 74.0. The molecule has 1 aliphatic rings. The van der Waals surface area contributed by atoms with Gasteiger partial charge < -0.3 is 101 Å². The van der Waals surface area contributed by atoms with Gasteiger partial charge in [-0.1, -0.05) is 56.3 Å². The maximum atomic E-state index is 12.0. The molecule has 1 amide bonds. The summed E-state index contributed by atoms with van der Waals surface area (Å²) in [6.45, 7) is 8.22. The second-order valence-electron chi connectivity index (χ2n) is 24.5. The predicted molar refractivity (Wildman–Crippen MR) is 398 cm³/mol. The maximum Gasteiger partial charge on any atom is 0.345 e. The number of benzene rings is 5. The number of carboxylic acid groups (broad SMARTS) is 5. The molecule has 0 spiro atoms. The number of aromatic hydroxyl groups is 5. The molecule has 31 heteroatoms. The lowest BCUT2D eigenvalue weighted by atomic mass is 10.00. The largest absolute Gasteiger partial charge is 0.506 e. The van der Waals surface area contributed by atoms with Crippen molar-refractivity contribution in [3.05, 3.63) is 253 Å². The maximum absolute atomic E-state index is 12.0. The average Bonchev–Trinajstić information content (AvgIpc) is 1.23. The predicted octanol–water partition coefficient (Wildman–Crippen LogP) is 10.7. The van der Waals surface area contributed by atoms with E-state index in [-0.39, 0.29) is 17.9 Å². The van der Waals surface area contributed by atoms with E-state index >= 15 is 0 Å². The molecule has 0 bridgehead atoms. The van der Waals surface area contributed by atoms with Gasteiger partial charge in [-0.15, -0.1) is 0 Å². The van der Waals surface area contributed by atoms with E-state index < -0.39 is 114 Å². The standard InChI is InChI=1S/2C16H14N2O4.C15H12N2O5.2C15H12N2O4/c1-2-10-13(18-15(20)12(14(10)19)16(21)22)9-3-4-11-8(7-9)5-6-17-11;1-2-10-13(18-15(20)12(14(10)19)16(21)22)9-4-3-8-5-6-17-11(8)7-9;1-6-12(17-14(20)11(13(6)19)15(21)22)7-2-3-9-8(4-7)5-10(18)16-9;1-7-12(17-14(19)11(13(7)18)15(20)21)9-2-3-10-8(6-9)4-5-16-10;1-7-12(17-14(19)11(13(7)18)15(20)21)9-3-2-8-4-5-16-10(8)6-9/h2*3-7,17H,2H2,1H3,(H,21,22)(H2,18,19,20);2-4H,5H2,1H3,(H,16,18)(H,21,22)(H2,17,19,20);2*2-6,16H,1H3,(H,20,21)(H2,17,18,19). The second kappa shape index (κ2) is 30.0. The van der Waals surface area contributed by atoms with Gasteiger partial charge in [-0.3, -0.25) is 28.8 Å². The first-order valence-corrected chi connectivity index (χ1v) is 32.6. The number of aromatic amines is 9. The van der Waals surface area contributed by atoms with Gasteiger partial charge in [0.25, 0.3) is 27.8 Å². The van der Waals surface area contributed by atoms with E-state index in [0.717, 1.165) is 49.2 Å². The van der Waals surface area contributed by atoms with Crippen LogP contribution in [0.3, 0.4) is 0 Å². The second-order valence-corrected chi connectivity index (χ2v) is 24.5. The van der Waals surface area contributed by atoms with Crippen LogP contribution >= 0.6 is 0 Å². The number of carboxylic acids is 5. The molecule has 0 saturated heterocycles. The molecule has 31 nitrogen and oxygen atoms in total. The Balaban J connectivity index is 0.000000134. The minimum Gasteiger partial charge on any atom is -0.506 e. The Labute approximate surface area is 604 Å². The summed E-state index contributed by atoms with van der Waals surface area (Å²) in [5.74, 6) is -9.90. The van der Waals surface area contributed by atoms with Crippen LogP contribution < -0.4 is 33.1 Å². The van der Waals surface area contributed by atoms with Gasteiger partial charge in [-0.05, 0) is 139 Å². The Kier molecular flexibility index (Phi) is 20.6. The third-order valence-corrected chi connectivity index (χ3v) is 18.0. The lowest BCUT2D eigenvalue weighted by Gasteiger charge is -2.12. The van der Waals surface area contributed by atoms with Crippen LogP contribution in [0.4, 0.5) is 5.69 Å². The Morgan fingerprint density at radius 2 is 0.620 bits per heavy atom. The summed E-state index contributed by atoms with van der Waals surface area (Å²) in [6, 6.07) is 34.8. The molecule has 9 aromatic heterocycles. The highest BCUT2D eigenvalue weighted by Gasteiger charge is 2.27. The van der Waals surface area contributed by atoms with E-state index in [4.69, 9.17) is 25.5 Å². The van der Waals surface area contributed by atoms with Crippen molar-refractivity contribution in [1.29, 1.82) is 0 Å². The van der Waals surface area contributed by atoms with Gasteiger partial charge in [0.15, 0.2) is 27.8 Å². The first-order chi connectivity index (χ1) is 51.4. The summed E-state index contributed by atoms with van der Waals surface area (Å²) >= 11 is 0. The molecule has 14 aromatic rings. The van der Waals surface area contributed by atoms with E-state index in [1.807, 2.05) is 97.3 Å². The van der Waals surface area contributed by atoms with Crippen LogP contribution in [0, 0.1) is 20.8 Å². The van der Waals surface area contributed by atoms with Crippen molar-refractivity contribution < 1.29 is 79.8 Å². The Morgan fingerprint density at radius 3 is 0.981 bits per heavy atom. The Morgan fingerprint density at radius 1 is 0.333 bits per heavy atom. The lowest BCUT2D eigenvalue weighted by Crippen LogP contribution is -2.20. The average molecular weight is 1470 g/mol. The molecule has 0 fully saturated rings. The van der Waals surface area contributed by atoms with E-state index in [2.05, 4.69) is 50.2 Å². The Bertz CT molecular complexity index is 6070. The molecule has 0 radical (unpaired) electrons. The van der Waals surface area contributed by atoms with Crippen molar-refractivity contribution in [3.8, 4) is 85.0 Å². The van der Waals surface area contributed by atoms with Crippen LogP contribution in [-0.2, 0) is 24.1 Å². The number of aromatic nitrogens is 9. The van der Waals surface area contributed by atoms with Gasteiger partial charge in [0.2, 0.25) is 5.91 Å². The zero-order valence-corrected chi connectivity index (χ0v) is 57.4. The Hall–Kier alpha value is -15.2. The number of rotatable bonds is 12. The van der Waals surface area contributed by atoms with Crippen LogP contribution in [0.5, 0.6) is 28.7 Å². The number of H-pyrrole nitrogens is 9. The third kappa shape index (κ3) is 14.4. The zero-order valence-electron chi connectivity index (χ0n) is 57.4. The molecule has 10 heterocycles. The van der Waals surface area contributed by atoms with Gasteiger partial charge in [-0.25, -0.2) is 24.0 Å². The molecule has 108 heavy (non-hydrogen) atoms. The highest BCUT2D eigenvalue weighted by atomic mass is 16.4. The molecule has 548 valence electrons. The van der Waals surface area contributed by atoms with Crippen molar-refractivity contribution in [2.24, 2.45) is 0 Å². The zero-order chi connectivity index (χ0) is 78.0. The monoisotopic (exact) mass is 1460 g/mol. The number of hydrogen-bond donors (Lipinski definition) is 20. The van der Waals surface area contributed by atoms with Gasteiger partial charge in [-0.2, -0.15) is 0 Å². The number of hydrogen-bond acceptors (Lipinski definition) is 16. The van der Waals surface area contributed by atoms with Crippen molar-refractivity contribution >= 4 is 85.1 Å². The van der Waals surface area contributed by atoms with Crippen molar-refractivity contribution in [1.82, 2.24) is 44.9 Å². The highest BCUT2D eigenvalue weighted by Crippen LogP contribution is 2.37. The van der Waals surface area contributed by atoms with Gasteiger partial charge in [0.05, 0.1) is 34.9 Å². The van der Waals surface area contributed by atoms with E-state index in [1.165, 1.54) is 6.92 Å². The number of carbonyl (C=O) groups excluding carboxylic acids is 1. The molecule has 15 rings (SSSR count). The summed E-state index contributed by atoms with van der Waals surface area (Å²) in [6.07, 6.45) is 8.24. The van der Waals surface area contributed by atoms with E-state index in [9.17, 15) is 78.3 Å². The number of carbonyl (C=O) groups is 6. The molecular formula is C77H64N10O21. The van der Waals surface area contributed by atoms with Crippen molar-refractivity contribution in [3.63, 3.8) is 0 Å². The fourth-order valence-electron chi connectivity index (χ4n) is 12.6. The summed E-state index contributed by atoms with van der Waals surface area (Å²) in [4.78, 5) is 151. The lowest BCUT2D eigenvalue weighted by molar-refractivity contribution is -0.115. The van der Waals surface area contributed by atoms with Crippen LogP contribution in [0.2, 0.25) is 0 Å². The summed E-state index contributed by atoms with van der Waals surface area (Å²) in [5, 5.41) is 102. The van der Waals surface area contributed by atoms with E-state index in [0.29, 0.717) is 97.1 Å². The number of aromatic carboxylic acids is 5. The van der Waals surface area contributed by atoms with Gasteiger partial charge in [0.1, 0.15) is 28.7 Å². The number of pyridine rings is 5. The van der Waals surface area contributed by atoms with Crippen LogP contribution in [0.1, 0.15) is 99.0 Å². The van der Waals surface area contributed by atoms with Gasteiger partial charge >= 0.3 is 29.8 Å². The molecule has 0 unspecified atom stereocenters. The summed E-state index contributed by atoms with van der Waals surface area (Å²) in [7, 11) is 0. The smallest absolute Gasteiger partial charge is 0.345 e. The third-order valence-electron chi connectivity index (χ3n) is 18.0. The number of fused-ring (bicyclic) bond motifs is 5. The highest BCUT2D eigenvalue weighted by molar-refractivity contribution is 6.01. The SMILES string of the molecule is CCc1c(-c2ccc3[nH]ccc3c2)[nH]c(=O)c(C(=O)O)c1O.CCc1c(-c2ccc3cc[nH]c3c2)[nH]c(=O)c(C(=O)O)c1O.Cc1c(-c2ccc3[nH]ccc3c2)[nH]c(=O)c(C(=O)O)c1O.Cc1c(-c2ccc3c(c2)CC(=O)N3)[nH]c(=O)c(C(=O)O)c1O.Cc1c(-c2ccc3cc[nH]c3c2)[nH]c(=O)c(C(=O)O)c1O. The minimum absolute atomic E-state index is 0.110.